The Labute approximate surface area is 100 Å². The van der Waals surface area contributed by atoms with Gasteiger partial charge >= 0.3 is 0 Å². The molecule has 14 heavy (non-hydrogen) atoms. The fourth-order valence-corrected chi connectivity index (χ4v) is 1.70. The first-order valence-corrected chi connectivity index (χ1v) is 5.69. The van der Waals surface area contributed by atoms with E-state index in [0.717, 1.165) is 12.0 Å². The number of alkyl halides is 3. The van der Waals surface area contributed by atoms with Gasteiger partial charge in [0.2, 0.25) is 3.79 Å². The van der Waals surface area contributed by atoms with E-state index in [9.17, 15) is 0 Å². The van der Waals surface area contributed by atoms with Crippen molar-refractivity contribution in [3.63, 3.8) is 0 Å². The van der Waals surface area contributed by atoms with Crippen molar-refractivity contribution in [2.75, 3.05) is 0 Å². The molecule has 0 unspecified atom stereocenters. The molecule has 0 saturated carbocycles. The highest BCUT2D eigenvalue weighted by atomic mass is 35.6. The van der Waals surface area contributed by atoms with Crippen molar-refractivity contribution in [1.82, 2.24) is 0 Å². The van der Waals surface area contributed by atoms with Gasteiger partial charge in [-0.3, -0.25) is 0 Å². The molecule has 0 N–H and O–H groups in total. The Balaban J connectivity index is 2.90. The summed E-state index contributed by atoms with van der Waals surface area (Å²) in [5, 5.41) is 0. The molecule has 0 atom stereocenters. The zero-order valence-corrected chi connectivity index (χ0v) is 10.5. The van der Waals surface area contributed by atoms with Crippen LogP contribution in [0.15, 0.2) is 24.3 Å². The van der Waals surface area contributed by atoms with Crippen LogP contribution in [0.1, 0.15) is 25.0 Å². The lowest BCUT2D eigenvalue weighted by Crippen LogP contribution is -2.02. The van der Waals surface area contributed by atoms with Crippen LogP contribution in [0.25, 0.3) is 0 Å². The van der Waals surface area contributed by atoms with Crippen LogP contribution in [0.5, 0.6) is 0 Å². The van der Waals surface area contributed by atoms with E-state index in [-0.39, 0.29) is 0 Å². The van der Waals surface area contributed by atoms with E-state index in [0.29, 0.717) is 5.92 Å². The van der Waals surface area contributed by atoms with E-state index < -0.39 is 3.79 Å². The molecule has 78 valence electrons. The first-order valence-electron chi connectivity index (χ1n) is 4.55. The number of halogens is 3. The van der Waals surface area contributed by atoms with Crippen molar-refractivity contribution in [2.24, 2.45) is 5.92 Å². The van der Waals surface area contributed by atoms with E-state index in [1.54, 1.807) is 0 Å². The van der Waals surface area contributed by atoms with E-state index in [4.69, 9.17) is 34.8 Å². The molecule has 0 bridgehead atoms. The zero-order valence-electron chi connectivity index (χ0n) is 8.23. The van der Waals surface area contributed by atoms with Crippen LogP contribution < -0.4 is 0 Å². The second-order valence-corrected chi connectivity index (χ2v) is 6.08. The highest BCUT2D eigenvalue weighted by Crippen LogP contribution is 2.38. The molecule has 1 aromatic carbocycles. The number of benzene rings is 1. The molecule has 0 aliphatic rings. The van der Waals surface area contributed by atoms with Crippen LogP contribution in [-0.4, -0.2) is 0 Å². The van der Waals surface area contributed by atoms with Gasteiger partial charge in [-0.1, -0.05) is 72.9 Å². The van der Waals surface area contributed by atoms with Crippen LogP contribution in [0.3, 0.4) is 0 Å². The fraction of sp³-hybridized carbons (Fsp3) is 0.455. The summed E-state index contributed by atoms with van der Waals surface area (Å²) in [7, 11) is 0. The minimum Gasteiger partial charge on any atom is -0.0784 e. The normalized spacial score (nSPS) is 12.1. The summed E-state index contributed by atoms with van der Waals surface area (Å²) in [5.41, 5.74) is 1.95. The van der Waals surface area contributed by atoms with Gasteiger partial charge in [-0.15, -0.1) is 0 Å². The third kappa shape index (κ3) is 3.68. The molecule has 0 aromatic heterocycles. The molecule has 1 aromatic rings. The summed E-state index contributed by atoms with van der Waals surface area (Å²) < 4.78 is -1.31. The van der Waals surface area contributed by atoms with Gasteiger partial charge in [-0.2, -0.15) is 0 Å². The molecule has 0 radical (unpaired) electrons. The van der Waals surface area contributed by atoms with Gasteiger partial charge in [0.05, 0.1) is 0 Å². The second-order valence-electron chi connectivity index (χ2n) is 3.80. The Hall–Kier alpha value is 0.0900. The van der Waals surface area contributed by atoms with Gasteiger partial charge < -0.3 is 0 Å². The summed E-state index contributed by atoms with van der Waals surface area (Å²) >= 11 is 17.4. The molecular formula is C11H13Cl3. The van der Waals surface area contributed by atoms with Gasteiger partial charge in [0.1, 0.15) is 0 Å². The molecular weight excluding hydrogens is 238 g/mol. The average Bonchev–Trinajstić information content (AvgIpc) is 2.01. The van der Waals surface area contributed by atoms with Crippen molar-refractivity contribution in [2.45, 2.75) is 24.1 Å². The Morgan fingerprint density at radius 3 is 2.36 bits per heavy atom. The van der Waals surface area contributed by atoms with Crippen LogP contribution in [0.4, 0.5) is 0 Å². The molecule has 0 aliphatic carbocycles. The van der Waals surface area contributed by atoms with Crippen molar-refractivity contribution in [3.05, 3.63) is 35.4 Å². The van der Waals surface area contributed by atoms with Crippen LogP contribution in [0, 0.1) is 5.92 Å². The molecule has 0 amide bonds. The van der Waals surface area contributed by atoms with Gasteiger partial charge in [-0.05, 0) is 17.9 Å². The SMILES string of the molecule is CC(C)Cc1cccc(C(Cl)(Cl)Cl)c1. The molecule has 0 saturated heterocycles. The van der Waals surface area contributed by atoms with Crippen LogP contribution in [-0.2, 0) is 10.2 Å². The highest BCUT2D eigenvalue weighted by molar-refractivity contribution is 6.66. The van der Waals surface area contributed by atoms with Crippen molar-refractivity contribution >= 4 is 34.8 Å². The fourth-order valence-electron chi connectivity index (χ4n) is 1.35. The van der Waals surface area contributed by atoms with E-state index in [1.807, 2.05) is 18.2 Å². The van der Waals surface area contributed by atoms with E-state index in [1.165, 1.54) is 5.56 Å². The quantitative estimate of drug-likeness (QED) is 0.668. The Morgan fingerprint density at radius 1 is 1.21 bits per heavy atom. The summed E-state index contributed by atoms with van der Waals surface area (Å²) in [6, 6.07) is 7.76. The van der Waals surface area contributed by atoms with Gasteiger partial charge in [0, 0.05) is 5.56 Å². The lowest BCUT2D eigenvalue weighted by Gasteiger charge is -2.13. The largest absolute Gasteiger partial charge is 0.216 e. The monoisotopic (exact) mass is 250 g/mol. The molecule has 0 fully saturated rings. The van der Waals surface area contributed by atoms with Crippen LogP contribution in [0.2, 0.25) is 0 Å². The maximum atomic E-state index is 5.80. The molecule has 0 aliphatic heterocycles. The van der Waals surface area contributed by atoms with Crippen LogP contribution >= 0.6 is 34.8 Å². The van der Waals surface area contributed by atoms with Gasteiger partial charge in [0.15, 0.2) is 0 Å². The molecule has 0 heterocycles. The smallest absolute Gasteiger partial charge is 0.0784 e. The molecule has 0 spiro atoms. The minimum absolute atomic E-state index is 0.612. The number of rotatable bonds is 2. The number of hydrogen-bond donors (Lipinski definition) is 0. The van der Waals surface area contributed by atoms with Crippen molar-refractivity contribution in [3.8, 4) is 0 Å². The lowest BCUT2D eigenvalue weighted by molar-refractivity contribution is 0.647. The molecule has 1 rings (SSSR count). The highest BCUT2D eigenvalue weighted by Gasteiger charge is 2.22. The Kier molecular flexibility index (Phi) is 4.12. The third-order valence-corrected chi connectivity index (χ3v) is 2.55. The third-order valence-electron chi connectivity index (χ3n) is 1.90. The van der Waals surface area contributed by atoms with Gasteiger partial charge in [0.25, 0.3) is 0 Å². The average molecular weight is 252 g/mol. The molecule has 3 heteroatoms. The first-order chi connectivity index (χ1) is 6.39. The number of hydrogen-bond acceptors (Lipinski definition) is 0. The maximum absolute atomic E-state index is 5.80. The minimum atomic E-state index is -1.31. The Morgan fingerprint density at radius 2 is 1.86 bits per heavy atom. The predicted molar refractivity (Wildman–Crippen MR) is 64.2 cm³/mol. The predicted octanol–water partition coefficient (Wildman–Crippen LogP) is 4.71. The Bertz CT molecular complexity index is 300. The lowest BCUT2D eigenvalue weighted by atomic mass is 10.0. The van der Waals surface area contributed by atoms with E-state index >= 15 is 0 Å². The molecule has 0 nitrogen and oxygen atoms in total. The summed E-state index contributed by atoms with van der Waals surface area (Å²) in [5.74, 6) is 0.612. The van der Waals surface area contributed by atoms with E-state index in [2.05, 4.69) is 19.9 Å². The summed E-state index contributed by atoms with van der Waals surface area (Å²) in [4.78, 5) is 0. The topological polar surface area (TPSA) is 0 Å². The summed E-state index contributed by atoms with van der Waals surface area (Å²) in [6.45, 7) is 4.34. The first kappa shape index (κ1) is 12.2. The van der Waals surface area contributed by atoms with Crippen molar-refractivity contribution < 1.29 is 0 Å². The zero-order chi connectivity index (χ0) is 10.8. The summed E-state index contributed by atoms with van der Waals surface area (Å²) in [6.07, 6.45) is 1.01. The van der Waals surface area contributed by atoms with Gasteiger partial charge in [-0.25, -0.2) is 0 Å². The van der Waals surface area contributed by atoms with Crippen molar-refractivity contribution in [1.29, 1.82) is 0 Å². The standard InChI is InChI=1S/C11H13Cl3/c1-8(2)6-9-4-3-5-10(7-9)11(12,13)14/h3-5,7-8H,6H2,1-2H3. The maximum Gasteiger partial charge on any atom is 0.216 e. The second kappa shape index (κ2) is 4.74.